The first-order valence-corrected chi connectivity index (χ1v) is 7.73. The Morgan fingerprint density at radius 3 is 2.72 bits per heavy atom. The van der Waals surface area contributed by atoms with Gasteiger partial charge in [0.15, 0.2) is 0 Å². The van der Waals surface area contributed by atoms with Gasteiger partial charge in [0, 0.05) is 12.7 Å². The molecule has 6 heteroatoms. The summed E-state index contributed by atoms with van der Waals surface area (Å²) in [5.41, 5.74) is 1.03. The molecule has 0 bridgehead atoms. The number of rotatable bonds is 7. The molecule has 0 saturated heterocycles. The molecule has 0 aliphatic heterocycles. The molecular formula is C19H19FN2O3. The number of aliphatic hydroxyl groups excluding tert-OH is 1. The molecular weight excluding hydrogens is 323 g/mol. The lowest BCUT2D eigenvalue weighted by Gasteiger charge is -2.19. The highest BCUT2D eigenvalue weighted by molar-refractivity contribution is 5.91. The maximum atomic E-state index is 13.5. The van der Waals surface area contributed by atoms with Crippen molar-refractivity contribution in [2.45, 2.75) is 12.5 Å². The largest absolute Gasteiger partial charge is 0.479 e. The zero-order valence-electron chi connectivity index (χ0n) is 13.5. The first-order chi connectivity index (χ1) is 12.1. The van der Waals surface area contributed by atoms with Crippen molar-refractivity contribution >= 4 is 11.7 Å². The smallest absolute Gasteiger partial charge is 0.319 e. The van der Waals surface area contributed by atoms with E-state index in [-0.39, 0.29) is 30.7 Å². The highest BCUT2D eigenvalue weighted by Gasteiger charge is 2.15. The van der Waals surface area contributed by atoms with Crippen LogP contribution in [0.2, 0.25) is 0 Å². The van der Waals surface area contributed by atoms with Crippen molar-refractivity contribution in [2.24, 2.45) is 0 Å². The van der Waals surface area contributed by atoms with Gasteiger partial charge in [0.1, 0.15) is 18.2 Å². The molecule has 0 fully saturated rings. The van der Waals surface area contributed by atoms with E-state index in [0.29, 0.717) is 6.42 Å². The van der Waals surface area contributed by atoms with Gasteiger partial charge in [-0.1, -0.05) is 36.3 Å². The molecule has 0 unspecified atom stereocenters. The van der Waals surface area contributed by atoms with Gasteiger partial charge >= 0.3 is 6.03 Å². The summed E-state index contributed by atoms with van der Waals surface area (Å²) in [5.74, 6) is 2.07. The Bertz CT molecular complexity index is 744. The number of terminal acetylenes is 1. The monoisotopic (exact) mass is 342 g/mol. The normalized spacial score (nSPS) is 11.2. The number of halogens is 1. The molecule has 3 N–H and O–H groups in total. The molecule has 0 heterocycles. The van der Waals surface area contributed by atoms with Gasteiger partial charge < -0.3 is 20.5 Å². The summed E-state index contributed by atoms with van der Waals surface area (Å²) in [5, 5.41) is 14.5. The van der Waals surface area contributed by atoms with Gasteiger partial charge in [-0.05, 0) is 24.1 Å². The predicted molar refractivity (Wildman–Crippen MR) is 93.8 cm³/mol. The number of aliphatic hydroxyl groups is 1. The van der Waals surface area contributed by atoms with Gasteiger partial charge in [-0.3, -0.25) is 0 Å². The number of amides is 2. The van der Waals surface area contributed by atoms with Crippen LogP contribution in [0.1, 0.15) is 18.0 Å². The van der Waals surface area contributed by atoms with E-state index >= 15 is 0 Å². The minimum absolute atomic E-state index is 0.000909. The van der Waals surface area contributed by atoms with Gasteiger partial charge in [-0.15, -0.1) is 6.42 Å². The number of carbonyl (C=O) groups is 1. The van der Waals surface area contributed by atoms with Crippen LogP contribution in [0.25, 0.3) is 0 Å². The van der Waals surface area contributed by atoms with Crippen LogP contribution < -0.4 is 15.4 Å². The highest BCUT2D eigenvalue weighted by Crippen LogP contribution is 2.25. The zero-order chi connectivity index (χ0) is 18.1. The van der Waals surface area contributed by atoms with Gasteiger partial charge in [0.2, 0.25) is 0 Å². The van der Waals surface area contributed by atoms with Gasteiger partial charge in [0.05, 0.1) is 11.7 Å². The second-order valence-electron chi connectivity index (χ2n) is 5.21. The van der Waals surface area contributed by atoms with Crippen molar-refractivity contribution in [1.29, 1.82) is 0 Å². The van der Waals surface area contributed by atoms with Crippen LogP contribution in [-0.4, -0.2) is 24.4 Å². The summed E-state index contributed by atoms with van der Waals surface area (Å²) in [6.45, 7) is -0.0879. The maximum Gasteiger partial charge on any atom is 0.319 e. The number of urea groups is 1. The van der Waals surface area contributed by atoms with E-state index in [1.165, 1.54) is 12.1 Å². The highest BCUT2D eigenvalue weighted by atomic mass is 19.1. The third kappa shape index (κ3) is 5.52. The Morgan fingerprint density at radius 2 is 2.04 bits per heavy atom. The molecule has 2 aromatic carbocycles. The van der Waals surface area contributed by atoms with Crippen molar-refractivity contribution in [3.05, 3.63) is 59.9 Å². The fraction of sp³-hybridized carbons (Fsp3) is 0.211. The van der Waals surface area contributed by atoms with Crippen molar-refractivity contribution in [2.75, 3.05) is 18.5 Å². The number of benzene rings is 2. The minimum atomic E-state index is -0.543. The number of carbonyl (C=O) groups excluding carboxylic acids is 1. The average Bonchev–Trinajstić information content (AvgIpc) is 2.61. The molecule has 0 aromatic heterocycles. The number of nitrogens with one attached hydrogen (secondary N) is 2. The lowest BCUT2D eigenvalue weighted by molar-refractivity contribution is 0.239. The van der Waals surface area contributed by atoms with E-state index in [9.17, 15) is 14.3 Å². The molecule has 0 radical (unpaired) electrons. The van der Waals surface area contributed by atoms with Crippen LogP contribution in [-0.2, 0) is 0 Å². The topological polar surface area (TPSA) is 70.6 Å². The molecule has 2 amide bonds. The fourth-order valence-electron chi connectivity index (χ4n) is 2.30. The van der Waals surface area contributed by atoms with E-state index in [0.717, 1.165) is 11.6 Å². The summed E-state index contributed by atoms with van der Waals surface area (Å²) < 4.78 is 18.8. The van der Waals surface area contributed by atoms with E-state index in [1.54, 1.807) is 0 Å². The molecule has 0 aliphatic rings. The predicted octanol–water partition coefficient (Wildman–Crippen LogP) is 3.08. The van der Waals surface area contributed by atoms with Crippen LogP contribution in [0, 0.1) is 18.2 Å². The maximum absolute atomic E-state index is 13.5. The molecule has 2 aromatic rings. The van der Waals surface area contributed by atoms with E-state index < -0.39 is 11.8 Å². The molecule has 1 atom stereocenters. The Morgan fingerprint density at radius 1 is 1.28 bits per heavy atom. The Labute approximate surface area is 145 Å². The van der Waals surface area contributed by atoms with Crippen molar-refractivity contribution < 1.29 is 19.0 Å². The number of hydrogen-bond donors (Lipinski definition) is 3. The van der Waals surface area contributed by atoms with E-state index in [4.69, 9.17) is 11.2 Å². The summed E-state index contributed by atoms with van der Waals surface area (Å²) in [6, 6.07) is 12.1. The average molecular weight is 342 g/mol. The van der Waals surface area contributed by atoms with Crippen LogP contribution in [0.5, 0.6) is 5.75 Å². The Balaban J connectivity index is 2.10. The molecule has 2 rings (SSSR count). The quantitative estimate of drug-likeness (QED) is 0.677. The van der Waals surface area contributed by atoms with Gasteiger partial charge in [-0.2, -0.15) is 0 Å². The molecule has 5 nitrogen and oxygen atoms in total. The molecule has 0 spiro atoms. The molecule has 0 aliphatic carbocycles. The molecule has 25 heavy (non-hydrogen) atoms. The fourth-order valence-corrected chi connectivity index (χ4v) is 2.30. The second kappa shape index (κ2) is 9.30. The van der Waals surface area contributed by atoms with Gasteiger partial charge in [-0.25, -0.2) is 9.18 Å². The zero-order valence-corrected chi connectivity index (χ0v) is 13.5. The summed E-state index contributed by atoms with van der Waals surface area (Å²) in [4.78, 5) is 12.3. The van der Waals surface area contributed by atoms with Crippen molar-refractivity contribution in [3.63, 3.8) is 0 Å². The van der Waals surface area contributed by atoms with E-state index in [1.807, 2.05) is 30.3 Å². The lowest BCUT2D eigenvalue weighted by atomic mass is 10.0. The first kappa shape index (κ1) is 18.3. The van der Waals surface area contributed by atoms with Crippen LogP contribution >= 0.6 is 0 Å². The van der Waals surface area contributed by atoms with Crippen LogP contribution in [0.15, 0.2) is 48.5 Å². The van der Waals surface area contributed by atoms with Gasteiger partial charge in [0.25, 0.3) is 0 Å². The summed E-state index contributed by atoms with van der Waals surface area (Å²) in [7, 11) is 0. The number of anilines is 1. The minimum Gasteiger partial charge on any atom is -0.479 e. The number of ether oxygens (including phenoxy) is 1. The SMILES string of the molecule is C#CCOc1ccc(F)cc1NC(=O)N[C@H](CCO)c1ccccc1. The molecule has 0 saturated carbocycles. The third-order valence-corrected chi connectivity index (χ3v) is 3.43. The number of hydrogen-bond acceptors (Lipinski definition) is 3. The standard InChI is InChI=1S/C19H19FN2O3/c1-2-12-25-18-9-8-15(20)13-17(18)22-19(24)21-16(10-11-23)14-6-4-3-5-7-14/h1,3-9,13,16,23H,10-12H2,(H2,21,22,24)/t16-/m1/s1. The Kier molecular flexibility index (Phi) is 6.81. The first-order valence-electron chi connectivity index (χ1n) is 7.73. The summed E-state index contributed by atoms with van der Waals surface area (Å²) in [6.07, 6.45) is 5.50. The van der Waals surface area contributed by atoms with Crippen LogP contribution in [0.3, 0.4) is 0 Å². The Hall–Kier alpha value is -3.04. The van der Waals surface area contributed by atoms with Crippen molar-refractivity contribution in [1.82, 2.24) is 5.32 Å². The van der Waals surface area contributed by atoms with Crippen LogP contribution in [0.4, 0.5) is 14.9 Å². The summed E-state index contributed by atoms with van der Waals surface area (Å²) >= 11 is 0. The lowest BCUT2D eigenvalue weighted by Crippen LogP contribution is -2.33. The third-order valence-electron chi connectivity index (χ3n) is 3.43. The second-order valence-corrected chi connectivity index (χ2v) is 5.21. The van der Waals surface area contributed by atoms with E-state index in [2.05, 4.69) is 16.6 Å². The molecule has 130 valence electrons. The van der Waals surface area contributed by atoms with Crippen molar-refractivity contribution in [3.8, 4) is 18.1 Å².